The quantitative estimate of drug-likeness (QED) is 0.277. The second-order valence-corrected chi connectivity index (χ2v) is 7.63. The Balaban J connectivity index is 1.70. The van der Waals surface area contributed by atoms with Gasteiger partial charge in [0.15, 0.2) is 0 Å². The van der Waals surface area contributed by atoms with Crippen LogP contribution in [0.4, 0.5) is 11.4 Å². The van der Waals surface area contributed by atoms with Crippen LogP contribution in [0.5, 0.6) is 0 Å². The normalized spacial score (nSPS) is 10.4. The molecule has 3 rings (SSSR count). The van der Waals surface area contributed by atoms with Gasteiger partial charge in [-0.05, 0) is 25.1 Å². The van der Waals surface area contributed by atoms with Crippen molar-refractivity contribution in [2.75, 3.05) is 11.9 Å². The molecular weight excluding hydrogens is 474 g/mol. The number of amides is 1. The highest BCUT2D eigenvalue weighted by molar-refractivity contribution is 7.11. The zero-order chi connectivity index (χ0) is 24.0. The lowest BCUT2D eigenvalue weighted by atomic mass is 10.1. The van der Waals surface area contributed by atoms with Crippen molar-refractivity contribution in [1.29, 1.82) is 0 Å². The highest BCUT2D eigenvalue weighted by Gasteiger charge is 2.19. The van der Waals surface area contributed by atoms with Gasteiger partial charge >= 0.3 is 11.9 Å². The number of carbonyl (C=O) groups excluding carboxylic acids is 3. The Bertz CT molecular complexity index is 1230. The molecule has 0 bridgehead atoms. The van der Waals surface area contributed by atoms with Gasteiger partial charge in [-0.1, -0.05) is 23.7 Å². The number of nitro benzene ring substituents is 1. The van der Waals surface area contributed by atoms with Crippen molar-refractivity contribution in [3.63, 3.8) is 0 Å². The van der Waals surface area contributed by atoms with Crippen molar-refractivity contribution in [3.05, 3.63) is 84.8 Å². The van der Waals surface area contributed by atoms with Gasteiger partial charge in [-0.3, -0.25) is 14.9 Å². The van der Waals surface area contributed by atoms with Crippen LogP contribution in [0, 0.1) is 10.1 Å². The summed E-state index contributed by atoms with van der Waals surface area (Å²) in [5, 5.41) is 15.0. The van der Waals surface area contributed by atoms with E-state index in [1.54, 1.807) is 24.4 Å². The average Bonchev–Trinajstić information content (AvgIpc) is 3.27. The predicted octanol–water partition coefficient (Wildman–Crippen LogP) is 4.49. The summed E-state index contributed by atoms with van der Waals surface area (Å²) in [6.07, 6.45) is 0. The molecule has 0 spiro atoms. The summed E-state index contributed by atoms with van der Waals surface area (Å²) < 4.78 is 10.1. The third-order valence-electron chi connectivity index (χ3n) is 4.16. The summed E-state index contributed by atoms with van der Waals surface area (Å²) in [5.41, 5.74) is 0.348. The molecule has 1 N–H and O–H groups in total. The number of nitrogens with one attached hydrogen (secondary N) is 1. The van der Waals surface area contributed by atoms with E-state index < -0.39 is 22.8 Å². The van der Waals surface area contributed by atoms with Crippen LogP contribution >= 0.6 is 22.9 Å². The zero-order valence-corrected chi connectivity index (χ0v) is 18.6. The Morgan fingerprint density at radius 2 is 1.88 bits per heavy atom. The maximum Gasteiger partial charge on any atom is 0.367 e. The second kappa shape index (κ2) is 10.7. The third kappa shape index (κ3) is 5.90. The zero-order valence-electron chi connectivity index (χ0n) is 17.1. The number of halogens is 1. The van der Waals surface area contributed by atoms with Crippen LogP contribution in [-0.4, -0.2) is 34.4 Å². The van der Waals surface area contributed by atoms with E-state index in [0.717, 1.165) is 23.5 Å². The number of hydrogen-bond donors (Lipinski definition) is 1. The molecule has 0 aliphatic carbocycles. The molecule has 12 heteroatoms. The highest BCUT2D eigenvalue weighted by Crippen LogP contribution is 2.25. The van der Waals surface area contributed by atoms with Crippen molar-refractivity contribution in [1.82, 2.24) is 4.98 Å². The number of rotatable bonds is 8. The van der Waals surface area contributed by atoms with Gasteiger partial charge in [0.25, 0.3) is 11.6 Å². The van der Waals surface area contributed by atoms with Crippen LogP contribution in [0.3, 0.4) is 0 Å². The number of benzene rings is 2. The fourth-order valence-corrected chi connectivity index (χ4v) is 3.59. The number of aromatic nitrogens is 1. The Morgan fingerprint density at radius 3 is 2.58 bits per heavy atom. The first-order valence-electron chi connectivity index (χ1n) is 9.43. The van der Waals surface area contributed by atoms with Crippen LogP contribution in [0.2, 0.25) is 5.02 Å². The lowest BCUT2D eigenvalue weighted by Crippen LogP contribution is -2.16. The maximum atomic E-state index is 12.6. The maximum absolute atomic E-state index is 12.6. The molecule has 0 aliphatic heterocycles. The first kappa shape index (κ1) is 23.8. The first-order chi connectivity index (χ1) is 15.8. The van der Waals surface area contributed by atoms with Crippen molar-refractivity contribution < 1.29 is 28.8 Å². The van der Waals surface area contributed by atoms with Crippen LogP contribution < -0.4 is 5.32 Å². The van der Waals surface area contributed by atoms with Gasteiger partial charge < -0.3 is 14.8 Å². The fourth-order valence-electron chi connectivity index (χ4n) is 2.64. The van der Waals surface area contributed by atoms with Crippen LogP contribution in [0.25, 0.3) is 0 Å². The van der Waals surface area contributed by atoms with Gasteiger partial charge in [-0.2, -0.15) is 0 Å². The summed E-state index contributed by atoms with van der Waals surface area (Å²) >= 11 is 7.07. The Hall–Kier alpha value is -3.83. The van der Waals surface area contributed by atoms with E-state index in [-0.39, 0.29) is 45.7 Å². The summed E-state index contributed by atoms with van der Waals surface area (Å²) in [6, 6.07) is 9.59. The number of hydrogen-bond acceptors (Lipinski definition) is 9. The predicted molar refractivity (Wildman–Crippen MR) is 120 cm³/mol. The minimum absolute atomic E-state index is 0.000551. The molecule has 0 saturated heterocycles. The molecule has 1 heterocycles. The van der Waals surface area contributed by atoms with E-state index in [1.165, 1.54) is 18.2 Å². The molecular formula is C21H16ClN3O7S. The molecule has 0 saturated carbocycles. The van der Waals surface area contributed by atoms with Crippen molar-refractivity contribution >= 4 is 52.2 Å². The highest BCUT2D eigenvalue weighted by atomic mass is 35.5. The molecule has 170 valence electrons. The van der Waals surface area contributed by atoms with E-state index in [9.17, 15) is 24.5 Å². The number of carbonyl (C=O) groups is 3. The average molecular weight is 490 g/mol. The monoisotopic (exact) mass is 489 g/mol. The van der Waals surface area contributed by atoms with E-state index in [4.69, 9.17) is 21.1 Å². The van der Waals surface area contributed by atoms with Crippen LogP contribution in [-0.2, 0) is 16.1 Å². The number of ether oxygens (including phenoxy) is 2. The second-order valence-electron chi connectivity index (χ2n) is 6.36. The Morgan fingerprint density at radius 1 is 1.12 bits per heavy atom. The standard InChI is InChI=1S/C21H16ClN3O7S/c1-2-31-21(28)19-23-12(11-33-19)10-32-20(27)15-5-3-4-6-17(15)24-18(26)14-8-7-13(25(29)30)9-16(14)22/h3-9,11H,2,10H2,1H3,(H,24,26). The SMILES string of the molecule is CCOC(=O)c1nc(COC(=O)c2ccccc2NC(=O)c2ccc([N+](=O)[O-])cc2Cl)cs1. The largest absolute Gasteiger partial charge is 0.461 e. The molecule has 33 heavy (non-hydrogen) atoms. The smallest absolute Gasteiger partial charge is 0.367 e. The number of nitro groups is 1. The van der Waals surface area contributed by atoms with E-state index in [0.29, 0.717) is 5.69 Å². The number of nitrogens with zero attached hydrogens (tertiary/aromatic N) is 2. The van der Waals surface area contributed by atoms with Gasteiger partial charge in [0, 0.05) is 17.5 Å². The lowest BCUT2D eigenvalue weighted by molar-refractivity contribution is -0.384. The molecule has 1 amide bonds. The van der Waals surface area contributed by atoms with Gasteiger partial charge in [-0.25, -0.2) is 14.6 Å². The number of thiazole rings is 1. The van der Waals surface area contributed by atoms with Crippen molar-refractivity contribution in [2.45, 2.75) is 13.5 Å². The van der Waals surface area contributed by atoms with Crippen LogP contribution in [0.1, 0.15) is 43.1 Å². The van der Waals surface area contributed by atoms with Gasteiger partial charge in [0.1, 0.15) is 6.61 Å². The molecule has 0 aliphatic rings. The molecule has 0 fully saturated rings. The number of para-hydroxylation sites is 1. The summed E-state index contributed by atoms with van der Waals surface area (Å²) in [4.78, 5) is 51.2. The Labute approximate surface area is 196 Å². The number of esters is 2. The minimum atomic E-state index is -0.730. The first-order valence-corrected chi connectivity index (χ1v) is 10.7. The van der Waals surface area contributed by atoms with Crippen molar-refractivity contribution in [3.8, 4) is 0 Å². The Kier molecular flexibility index (Phi) is 7.70. The van der Waals surface area contributed by atoms with E-state index >= 15 is 0 Å². The molecule has 1 aromatic heterocycles. The molecule has 3 aromatic rings. The lowest BCUT2D eigenvalue weighted by Gasteiger charge is -2.11. The van der Waals surface area contributed by atoms with Crippen molar-refractivity contribution in [2.24, 2.45) is 0 Å². The molecule has 2 aromatic carbocycles. The molecule has 0 unspecified atom stereocenters. The topological polar surface area (TPSA) is 138 Å². The molecule has 0 atom stereocenters. The van der Waals surface area contributed by atoms with Gasteiger partial charge in [0.05, 0.1) is 39.1 Å². The third-order valence-corrected chi connectivity index (χ3v) is 5.34. The van der Waals surface area contributed by atoms with E-state index in [2.05, 4.69) is 10.3 Å². The number of non-ortho nitro benzene ring substituents is 1. The molecule has 10 nitrogen and oxygen atoms in total. The molecule has 0 radical (unpaired) electrons. The van der Waals surface area contributed by atoms with Gasteiger partial charge in [0.2, 0.25) is 5.01 Å². The minimum Gasteiger partial charge on any atom is -0.461 e. The number of anilines is 1. The van der Waals surface area contributed by atoms with Gasteiger partial charge in [-0.15, -0.1) is 11.3 Å². The summed E-state index contributed by atoms with van der Waals surface area (Å²) in [7, 11) is 0. The van der Waals surface area contributed by atoms with E-state index in [1.807, 2.05) is 0 Å². The fraction of sp³-hybridized carbons (Fsp3) is 0.143. The summed E-state index contributed by atoms with van der Waals surface area (Å²) in [5.74, 6) is -1.95. The van der Waals surface area contributed by atoms with Crippen LogP contribution in [0.15, 0.2) is 47.8 Å². The summed E-state index contributed by atoms with van der Waals surface area (Å²) in [6.45, 7) is 1.71.